The van der Waals surface area contributed by atoms with Crippen molar-refractivity contribution in [3.05, 3.63) is 87.7 Å². The van der Waals surface area contributed by atoms with E-state index in [2.05, 4.69) is 29.2 Å². The van der Waals surface area contributed by atoms with Gasteiger partial charge in [0.25, 0.3) is 6.47 Å². The molecule has 0 spiro atoms. The van der Waals surface area contributed by atoms with Crippen molar-refractivity contribution in [2.75, 3.05) is 19.0 Å². The largest absolute Gasteiger partial charge is 0.493 e. The quantitative estimate of drug-likeness (QED) is 0.241. The number of rotatable bonds is 9. The number of carboxylic acids is 1. The van der Waals surface area contributed by atoms with Gasteiger partial charge in [0.2, 0.25) is 5.91 Å². The van der Waals surface area contributed by atoms with Crippen molar-refractivity contribution >= 4 is 47.2 Å². The molecular weight excluding hydrogens is 574 g/mol. The molecule has 4 rings (SSSR count). The number of halogens is 3. The minimum absolute atomic E-state index is 0.0347. The van der Waals surface area contributed by atoms with Crippen molar-refractivity contribution < 1.29 is 33.4 Å². The lowest BCUT2D eigenvalue weighted by atomic mass is 9.81. The third-order valence-electron chi connectivity index (χ3n) is 6.55. The summed E-state index contributed by atoms with van der Waals surface area (Å²) in [7, 11) is 1.36. The molecule has 3 aromatic rings. The number of carbonyl (C=O) groups is 3. The monoisotopic (exact) mass is 604 g/mol. The van der Waals surface area contributed by atoms with Crippen molar-refractivity contribution in [2.24, 2.45) is 11.8 Å². The van der Waals surface area contributed by atoms with Gasteiger partial charge in [-0.15, -0.1) is 0 Å². The SMILES string of the molecule is CC(C)CC1NCC(c2cccc(Cl)c2F)C1C(=O)Nc1cccc(Cl)c1.COc1cc(C(=O)O)ccc1OC=O. The molecule has 0 aliphatic carbocycles. The number of anilines is 1. The van der Waals surface area contributed by atoms with Gasteiger partial charge in [-0.1, -0.05) is 55.2 Å². The average Bonchev–Trinajstić information content (AvgIpc) is 3.33. The smallest absolute Gasteiger partial charge is 0.335 e. The minimum Gasteiger partial charge on any atom is -0.493 e. The predicted molar refractivity (Wildman–Crippen MR) is 156 cm³/mol. The number of hydrogen-bond acceptors (Lipinski definition) is 6. The molecule has 8 nitrogen and oxygen atoms in total. The van der Waals surface area contributed by atoms with E-state index in [-0.39, 0.29) is 46.4 Å². The van der Waals surface area contributed by atoms with Gasteiger partial charge in [-0.3, -0.25) is 9.59 Å². The van der Waals surface area contributed by atoms with Gasteiger partial charge < -0.3 is 25.2 Å². The molecule has 0 radical (unpaired) electrons. The summed E-state index contributed by atoms with van der Waals surface area (Å²) in [6, 6.07) is 15.9. The third kappa shape index (κ3) is 8.42. The van der Waals surface area contributed by atoms with E-state index in [1.807, 2.05) is 0 Å². The van der Waals surface area contributed by atoms with Gasteiger partial charge in [-0.25, -0.2) is 9.18 Å². The summed E-state index contributed by atoms with van der Waals surface area (Å²) in [5.41, 5.74) is 1.18. The number of nitrogens with one attached hydrogen (secondary N) is 2. The molecule has 11 heteroatoms. The molecule has 1 amide bonds. The molecule has 3 atom stereocenters. The first kappa shape index (κ1) is 31.9. The Morgan fingerprint density at radius 1 is 1.12 bits per heavy atom. The summed E-state index contributed by atoms with van der Waals surface area (Å²) in [6.07, 6.45) is 0.826. The number of methoxy groups -OCH3 is 1. The molecule has 0 saturated carbocycles. The Kier molecular flexibility index (Phi) is 11.5. The van der Waals surface area contributed by atoms with Crippen molar-refractivity contribution in [1.82, 2.24) is 5.32 Å². The summed E-state index contributed by atoms with van der Waals surface area (Å²) in [4.78, 5) is 33.8. The van der Waals surface area contributed by atoms with Crippen molar-refractivity contribution in [3.8, 4) is 11.5 Å². The summed E-state index contributed by atoms with van der Waals surface area (Å²) in [5.74, 6) is -1.54. The number of benzene rings is 3. The van der Waals surface area contributed by atoms with Crippen LogP contribution in [0.15, 0.2) is 60.7 Å². The molecule has 1 heterocycles. The molecule has 1 saturated heterocycles. The second-order valence-electron chi connectivity index (χ2n) is 9.80. The van der Waals surface area contributed by atoms with Crippen LogP contribution in [0.2, 0.25) is 10.0 Å². The van der Waals surface area contributed by atoms with Gasteiger partial charge in [0, 0.05) is 29.2 Å². The molecular formula is C30H31Cl2FN2O6. The Morgan fingerprint density at radius 2 is 1.85 bits per heavy atom. The van der Waals surface area contributed by atoms with Crippen molar-refractivity contribution in [1.29, 1.82) is 0 Å². The van der Waals surface area contributed by atoms with Crippen LogP contribution in [0, 0.1) is 17.7 Å². The van der Waals surface area contributed by atoms with Gasteiger partial charge in [-0.2, -0.15) is 0 Å². The molecule has 3 unspecified atom stereocenters. The number of amides is 1. The lowest BCUT2D eigenvalue weighted by Gasteiger charge is -2.25. The number of carbonyl (C=O) groups excluding carboxylic acids is 2. The average molecular weight is 605 g/mol. The number of carboxylic acid groups (broad SMARTS) is 1. The highest BCUT2D eigenvalue weighted by Gasteiger charge is 2.42. The first-order chi connectivity index (χ1) is 19.5. The van der Waals surface area contributed by atoms with Crippen LogP contribution in [0.5, 0.6) is 11.5 Å². The van der Waals surface area contributed by atoms with Gasteiger partial charge >= 0.3 is 5.97 Å². The standard InChI is InChI=1S/C21H23Cl2FN2O.C9H8O5/c1-12(2)9-18-19(21(27)26-14-6-3-5-13(22)10-14)16(11-25-18)15-7-4-8-17(23)20(15)24;1-13-8-4-6(9(11)12)2-3-7(8)14-5-10/h3-8,10,12,16,18-19,25H,9,11H2,1-2H3,(H,26,27);2-5H,1H3,(H,11,12). The highest BCUT2D eigenvalue weighted by Crippen LogP contribution is 2.38. The van der Waals surface area contributed by atoms with Crippen LogP contribution in [0.4, 0.5) is 10.1 Å². The topological polar surface area (TPSA) is 114 Å². The Morgan fingerprint density at radius 3 is 2.49 bits per heavy atom. The van der Waals surface area contributed by atoms with Gasteiger partial charge in [0.1, 0.15) is 5.82 Å². The second-order valence-corrected chi connectivity index (χ2v) is 10.6. The minimum atomic E-state index is -1.07. The van der Waals surface area contributed by atoms with Crippen LogP contribution in [0.25, 0.3) is 0 Å². The normalized spacial score (nSPS) is 17.8. The zero-order chi connectivity index (χ0) is 30.1. The number of aromatic carboxylic acids is 1. The summed E-state index contributed by atoms with van der Waals surface area (Å²) in [6.45, 7) is 5.00. The lowest BCUT2D eigenvalue weighted by Crippen LogP contribution is -2.37. The molecule has 1 aliphatic rings. The van der Waals surface area contributed by atoms with E-state index in [1.54, 1.807) is 36.4 Å². The number of hydrogen-bond donors (Lipinski definition) is 3. The summed E-state index contributed by atoms with van der Waals surface area (Å²) < 4.78 is 24.1. The Hall–Kier alpha value is -3.66. The van der Waals surface area contributed by atoms with Crippen LogP contribution < -0.4 is 20.1 Å². The van der Waals surface area contributed by atoms with E-state index in [9.17, 15) is 18.8 Å². The third-order valence-corrected chi connectivity index (χ3v) is 7.08. The van der Waals surface area contributed by atoms with Gasteiger partial charge in [0.15, 0.2) is 11.5 Å². The van der Waals surface area contributed by atoms with Crippen molar-refractivity contribution in [3.63, 3.8) is 0 Å². The van der Waals surface area contributed by atoms with Crippen LogP contribution >= 0.6 is 23.2 Å². The molecule has 3 aromatic carbocycles. The van der Waals surface area contributed by atoms with E-state index in [4.69, 9.17) is 33.0 Å². The first-order valence-corrected chi connectivity index (χ1v) is 13.6. The highest BCUT2D eigenvalue weighted by atomic mass is 35.5. The zero-order valence-corrected chi connectivity index (χ0v) is 24.2. The molecule has 218 valence electrons. The van der Waals surface area contributed by atoms with Crippen LogP contribution in [0.3, 0.4) is 0 Å². The molecule has 0 aromatic heterocycles. The van der Waals surface area contributed by atoms with Crippen LogP contribution in [-0.2, 0) is 9.59 Å². The lowest BCUT2D eigenvalue weighted by molar-refractivity contribution is -0.121. The maximum Gasteiger partial charge on any atom is 0.335 e. The molecule has 1 aliphatic heterocycles. The maximum atomic E-state index is 14.7. The van der Waals surface area contributed by atoms with Crippen molar-refractivity contribution in [2.45, 2.75) is 32.2 Å². The first-order valence-electron chi connectivity index (χ1n) is 12.8. The van der Waals surface area contributed by atoms with E-state index < -0.39 is 17.7 Å². The van der Waals surface area contributed by atoms with Crippen LogP contribution in [0.1, 0.15) is 42.1 Å². The Balaban J connectivity index is 0.000000278. The van der Waals surface area contributed by atoms with E-state index in [0.717, 1.165) is 6.42 Å². The maximum absolute atomic E-state index is 14.7. The summed E-state index contributed by atoms with van der Waals surface area (Å²) in [5, 5.41) is 15.6. The highest BCUT2D eigenvalue weighted by molar-refractivity contribution is 6.31. The Bertz CT molecular complexity index is 1390. The predicted octanol–water partition coefficient (Wildman–Crippen LogP) is 6.42. The van der Waals surface area contributed by atoms with Gasteiger partial charge in [-0.05, 0) is 60.4 Å². The van der Waals surface area contributed by atoms with E-state index in [0.29, 0.717) is 28.7 Å². The molecule has 0 bridgehead atoms. The van der Waals surface area contributed by atoms with E-state index in [1.165, 1.54) is 31.4 Å². The Labute approximate surface area is 247 Å². The van der Waals surface area contributed by atoms with Crippen LogP contribution in [-0.4, -0.2) is 43.2 Å². The fraction of sp³-hybridized carbons (Fsp3) is 0.300. The zero-order valence-electron chi connectivity index (χ0n) is 22.7. The van der Waals surface area contributed by atoms with E-state index >= 15 is 0 Å². The molecule has 3 N–H and O–H groups in total. The second kappa shape index (κ2) is 14.8. The molecule has 41 heavy (non-hydrogen) atoms. The summed E-state index contributed by atoms with van der Waals surface area (Å²) >= 11 is 12.0. The molecule has 1 fully saturated rings. The fourth-order valence-corrected chi connectivity index (χ4v) is 5.14. The number of ether oxygens (including phenoxy) is 2. The van der Waals surface area contributed by atoms with Gasteiger partial charge in [0.05, 0.1) is 23.6 Å². The fourth-order valence-electron chi connectivity index (χ4n) is 4.77.